The highest BCUT2D eigenvalue weighted by atomic mass is 35.5. The molecule has 2 aromatic carbocycles. The second-order valence-corrected chi connectivity index (χ2v) is 8.81. The fourth-order valence-corrected chi connectivity index (χ4v) is 4.00. The fourth-order valence-electron chi connectivity index (χ4n) is 2.68. The van der Waals surface area contributed by atoms with E-state index in [0.29, 0.717) is 40.4 Å². The first-order valence-corrected chi connectivity index (χ1v) is 11.2. The minimum atomic E-state index is -1.38. The fraction of sp³-hybridized carbons (Fsp3) is 0.238. The number of benzene rings is 2. The van der Waals surface area contributed by atoms with Crippen LogP contribution in [0.4, 0.5) is 0 Å². The standard InChI is InChI=1S/C21H20Cl2N2O3S/c1-14-19(25-21(28-14)16-4-8-18(23)9-5-16)12-29(27)13-20(26)24-11-10-15-2-6-17(22)7-3-15/h2-9H,10-13H2,1H3,(H,24,26)/t29-/m1/s1. The van der Waals surface area contributed by atoms with Crippen LogP contribution >= 0.6 is 23.2 Å². The lowest BCUT2D eigenvalue weighted by atomic mass is 10.1. The van der Waals surface area contributed by atoms with Crippen LogP contribution in [0.5, 0.6) is 0 Å². The molecule has 0 aliphatic heterocycles. The number of nitrogens with zero attached hydrogens (tertiary/aromatic N) is 1. The monoisotopic (exact) mass is 450 g/mol. The first-order valence-electron chi connectivity index (χ1n) is 8.99. The topological polar surface area (TPSA) is 72.2 Å². The molecule has 1 N–H and O–H groups in total. The number of carbonyl (C=O) groups excluding carboxylic acids is 1. The predicted octanol–water partition coefficient (Wildman–Crippen LogP) is 4.56. The molecule has 8 heteroatoms. The van der Waals surface area contributed by atoms with E-state index < -0.39 is 10.8 Å². The second-order valence-electron chi connectivity index (χ2n) is 6.48. The average Bonchev–Trinajstić information content (AvgIpc) is 3.04. The third-order valence-corrected chi connectivity index (χ3v) is 5.91. The van der Waals surface area contributed by atoms with E-state index in [1.165, 1.54) is 0 Å². The van der Waals surface area contributed by atoms with Gasteiger partial charge in [0.2, 0.25) is 11.8 Å². The van der Waals surface area contributed by atoms with Crippen LogP contribution in [-0.2, 0) is 27.8 Å². The lowest BCUT2D eigenvalue weighted by molar-refractivity contribution is -0.118. The van der Waals surface area contributed by atoms with Gasteiger partial charge in [-0.2, -0.15) is 0 Å². The Kier molecular flexibility index (Phi) is 7.47. The molecule has 1 amide bonds. The molecule has 0 saturated carbocycles. The summed E-state index contributed by atoms with van der Waals surface area (Å²) in [5, 5.41) is 4.09. The Bertz CT molecular complexity index is 1000. The summed E-state index contributed by atoms with van der Waals surface area (Å²) in [5.41, 5.74) is 2.44. The summed E-state index contributed by atoms with van der Waals surface area (Å²) in [6.45, 7) is 2.24. The number of aryl methyl sites for hydroxylation is 1. The van der Waals surface area contributed by atoms with Crippen LogP contribution in [0.25, 0.3) is 11.5 Å². The van der Waals surface area contributed by atoms with Crippen molar-refractivity contribution in [3.05, 3.63) is 75.6 Å². The molecule has 1 aromatic heterocycles. The number of aromatic nitrogens is 1. The summed E-state index contributed by atoms with van der Waals surface area (Å²) in [4.78, 5) is 16.5. The Hall–Kier alpha value is -2.15. The van der Waals surface area contributed by atoms with Crippen LogP contribution in [0.1, 0.15) is 17.0 Å². The van der Waals surface area contributed by atoms with Gasteiger partial charge in [0.05, 0.1) is 11.4 Å². The van der Waals surface area contributed by atoms with Crippen LogP contribution in [0.2, 0.25) is 10.0 Å². The summed E-state index contributed by atoms with van der Waals surface area (Å²) in [6, 6.07) is 14.6. The van der Waals surface area contributed by atoms with Crippen molar-refractivity contribution in [3.63, 3.8) is 0 Å². The van der Waals surface area contributed by atoms with E-state index in [2.05, 4.69) is 10.3 Å². The van der Waals surface area contributed by atoms with Gasteiger partial charge in [0, 0.05) is 33.0 Å². The molecule has 0 aliphatic rings. The van der Waals surface area contributed by atoms with E-state index in [0.717, 1.165) is 11.1 Å². The maximum atomic E-state index is 12.4. The number of halogens is 2. The molecular weight excluding hydrogens is 431 g/mol. The molecule has 0 spiro atoms. The smallest absolute Gasteiger partial charge is 0.232 e. The predicted molar refractivity (Wildman–Crippen MR) is 117 cm³/mol. The summed E-state index contributed by atoms with van der Waals surface area (Å²) in [6.07, 6.45) is 0.683. The zero-order chi connectivity index (χ0) is 20.8. The highest BCUT2D eigenvalue weighted by molar-refractivity contribution is 7.84. The van der Waals surface area contributed by atoms with Crippen molar-refractivity contribution < 1.29 is 13.4 Å². The van der Waals surface area contributed by atoms with Gasteiger partial charge in [0.1, 0.15) is 11.5 Å². The molecule has 1 atom stereocenters. The molecule has 0 fully saturated rings. The molecule has 3 aromatic rings. The quantitative estimate of drug-likeness (QED) is 0.545. The van der Waals surface area contributed by atoms with Gasteiger partial charge in [-0.05, 0) is 55.3 Å². The molecule has 0 bridgehead atoms. The van der Waals surface area contributed by atoms with Crippen LogP contribution < -0.4 is 5.32 Å². The highest BCUT2D eigenvalue weighted by Gasteiger charge is 2.16. The average molecular weight is 451 g/mol. The largest absolute Gasteiger partial charge is 0.441 e. The van der Waals surface area contributed by atoms with Crippen molar-refractivity contribution in [2.75, 3.05) is 12.3 Å². The summed E-state index contributed by atoms with van der Waals surface area (Å²) in [7, 11) is -1.38. The number of nitrogens with one attached hydrogen (secondary N) is 1. The van der Waals surface area contributed by atoms with E-state index in [1.54, 1.807) is 19.1 Å². The third kappa shape index (κ3) is 6.42. The normalized spacial score (nSPS) is 12.0. The van der Waals surface area contributed by atoms with Crippen molar-refractivity contribution in [2.24, 2.45) is 0 Å². The molecule has 0 aliphatic carbocycles. The van der Waals surface area contributed by atoms with Crippen molar-refractivity contribution in [1.29, 1.82) is 0 Å². The van der Waals surface area contributed by atoms with Gasteiger partial charge in [-0.3, -0.25) is 9.00 Å². The van der Waals surface area contributed by atoms with Crippen LogP contribution in [0.15, 0.2) is 52.9 Å². The molecule has 5 nitrogen and oxygen atoms in total. The van der Waals surface area contributed by atoms with Crippen molar-refractivity contribution in [3.8, 4) is 11.5 Å². The lowest BCUT2D eigenvalue weighted by Gasteiger charge is -2.05. The van der Waals surface area contributed by atoms with Crippen LogP contribution in [-0.4, -0.2) is 27.4 Å². The van der Waals surface area contributed by atoms with Gasteiger partial charge in [-0.15, -0.1) is 0 Å². The zero-order valence-corrected chi connectivity index (χ0v) is 18.1. The molecule has 0 saturated heterocycles. The highest BCUT2D eigenvalue weighted by Crippen LogP contribution is 2.24. The minimum absolute atomic E-state index is 0.0802. The molecule has 3 rings (SSSR count). The molecule has 29 heavy (non-hydrogen) atoms. The van der Waals surface area contributed by atoms with Gasteiger partial charge >= 0.3 is 0 Å². The molecule has 0 unspecified atom stereocenters. The van der Waals surface area contributed by atoms with Gasteiger partial charge in [-0.25, -0.2) is 4.98 Å². The Morgan fingerprint density at radius 3 is 2.34 bits per heavy atom. The van der Waals surface area contributed by atoms with Crippen molar-refractivity contribution in [1.82, 2.24) is 10.3 Å². The number of hydrogen-bond acceptors (Lipinski definition) is 4. The van der Waals surface area contributed by atoms with Crippen LogP contribution in [0, 0.1) is 6.92 Å². The lowest BCUT2D eigenvalue weighted by Crippen LogP contribution is -2.30. The number of carbonyl (C=O) groups is 1. The molecule has 152 valence electrons. The minimum Gasteiger partial charge on any atom is -0.441 e. The zero-order valence-electron chi connectivity index (χ0n) is 15.8. The van der Waals surface area contributed by atoms with Crippen LogP contribution in [0.3, 0.4) is 0 Å². The number of oxazole rings is 1. The van der Waals surface area contributed by atoms with E-state index in [-0.39, 0.29) is 17.4 Å². The van der Waals surface area contributed by atoms with E-state index in [9.17, 15) is 9.00 Å². The van der Waals surface area contributed by atoms with Crippen molar-refractivity contribution >= 4 is 39.9 Å². The SMILES string of the molecule is Cc1oc(-c2ccc(Cl)cc2)nc1C[S@@](=O)CC(=O)NCCc1ccc(Cl)cc1. The van der Waals surface area contributed by atoms with E-state index in [1.807, 2.05) is 36.4 Å². The van der Waals surface area contributed by atoms with Gasteiger partial charge in [-0.1, -0.05) is 35.3 Å². The Balaban J connectivity index is 1.49. The maximum Gasteiger partial charge on any atom is 0.232 e. The summed E-state index contributed by atoms with van der Waals surface area (Å²) < 4.78 is 18.0. The number of amides is 1. The third-order valence-electron chi connectivity index (χ3n) is 4.22. The number of hydrogen-bond donors (Lipinski definition) is 1. The van der Waals surface area contributed by atoms with E-state index >= 15 is 0 Å². The Morgan fingerprint density at radius 2 is 1.69 bits per heavy atom. The van der Waals surface area contributed by atoms with Gasteiger partial charge in [0.15, 0.2) is 0 Å². The summed E-state index contributed by atoms with van der Waals surface area (Å²) in [5.74, 6) is 0.859. The number of rotatable bonds is 8. The van der Waals surface area contributed by atoms with Crippen molar-refractivity contribution in [2.45, 2.75) is 19.1 Å². The first-order chi connectivity index (χ1) is 13.9. The summed E-state index contributed by atoms with van der Waals surface area (Å²) >= 11 is 11.7. The Morgan fingerprint density at radius 1 is 1.07 bits per heavy atom. The van der Waals surface area contributed by atoms with Gasteiger partial charge < -0.3 is 9.73 Å². The second kappa shape index (κ2) is 10.1. The Labute approximate surface area is 181 Å². The molecular formula is C21H20Cl2N2O3S. The molecule has 1 heterocycles. The van der Waals surface area contributed by atoms with Gasteiger partial charge in [0.25, 0.3) is 0 Å². The van der Waals surface area contributed by atoms with E-state index in [4.69, 9.17) is 27.6 Å². The maximum absolute atomic E-state index is 12.4. The molecule has 0 radical (unpaired) electrons. The first kappa shape index (κ1) is 21.6.